The molecule has 2 nitrogen and oxygen atoms in total. The molecule has 1 atom stereocenters. The Kier molecular flexibility index (Phi) is 8.10. The summed E-state index contributed by atoms with van der Waals surface area (Å²) in [4.78, 5) is 0. The zero-order valence-corrected chi connectivity index (χ0v) is 18.2. The molecule has 0 saturated heterocycles. The summed E-state index contributed by atoms with van der Waals surface area (Å²) in [6.07, 6.45) is 4.21. The minimum absolute atomic E-state index is 0.274. The van der Waals surface area contributed by atoms with Crippen LogP contribution in [0, 0.1) is 11.8 Å². The number of phenols is 1. The molecule has 30 heavy (non-hydrogen) atoms. The first-order chi connectivity index (χ1) is 14.6. The van der Waals surface area contributed by atoms with Crippen molar-refractivity contribution >= 4 is 0 Å². The predicted molar refractivity (Wildman–Crippen MR) is 127 cm³/mol. The molecule has 3 aromatic rings. The quantitative estimate of drug-likeness (QED) is 0.383. The molecule has 157 valence electrons. The van der Waals surface area contributed by atoms with Crippen LogP contribution in [-0.4, -0.2) is 11.7 Å². The van der Waals surface area contributed by atoms with Crippen LogP contribution in [0.25, 0.3) is 0 Å². The van der Waals surface area contributed by atoms with Gasteiger partial charge >= 0.3 is 0 Å². The van der Waals surface area contributed by atoms with Crippen molar-refractivity contribution in [3.05, 3.63) is 107 Å². The maximum Gasteiger partial charge on any atom is 0.115 e. The molecule has 0 heterocycles. The maximum absolute atomic E-state index is 9.89. The predicted octanol–water partition coefficient (Wildman–Crippen LogP) is 6.47. The lowest BCUT2D eigenvalue weighted by molar-refractivity contribution is 0.475. The third-order valence-electron chi connectivity index (χ3n) is 5.61. The van der Waals surface area contributed by atoms with Crippen molar-refractivity contribution in [3.8, 4) is 5.75 Å². The zero-order valence-electron chi connectivity index (χ0n) is 18.2. The normalized spacial score (nSPS) is 12.4. The topological polar surface area (TPSA) is 46.2 Å². The smallest absolute Gasteiger partial charge is 0.115 e. The zero-order chi connectivity index (χ0) is 21.3. The Morgan fingerprint density at radius 3 is 2.17 bits per heavy atom. The van der Waals surface area contributed by atoms with Crippen molar-refractivity contribution < 1.29 is 5.11 Å². The molecule has 1 radical (unpaired) electrons. The molecule has 0 saturated carbocycles. The molecule has 1 unspecified atom stereocenters. The number of hydrogen-bond donors (Lipinski definition) is 2. The molecule has 0 amide bonds. The Bertz CT molecular complexity index is 886. The number of rotatable bonds is 10. The van der Waals surface area contributed by atoms with Gasteiger partial charge in [0.15, 0.2) is 0 Å². The summed E-state index contributed by atoms with van der Waals surface area (Å²) < 4.78 is 0. The van der Waals surface area contributed by atoms with Gasteiger partial charge in [0, 0.05) is 5.92 Å². The molecule has 0 bridgehead atoms. The van der Waals surface area contributed by atoms with E-state index in [-0.39, 0.29) is 5.92 Å². The average Bonchev–Trinajstić information content (AvgIpc) is 2.75. The second kappa shape index (κ2) is 11.0. The first kappa shape index (κ1) is 22.1. The van der Waals surface area contributed by atoms with Gasteiger partial charge in [-0.15, -0.1) is 0 Å². The fraction of sp³-hybridized carbons (Fsp3) is 0.321. The number of benzene rings is 3. The second-order valence-electron chi connectivity index (χ2n) is 8.46. The monoisotopic (exact) mass is 400 g/mol. The Hall–Kier alpha value is -2.58. The number of nitrogens with two attached hydrogens (primary N) is 1. The van der Waals surface area contributed by atoms with Crippen LogP contribution >= 0.6 is 0 Å². The van der Waals surface area contributed by atoms with Gasteiger partial charge in [0.1, 0.15) is 5.75 Å². The van der Waals surface area contributed by atoms with E-state index in [1.807, 2.05) is 0 Å². The van der Waals surface area contributed by atoms with Gasteiger partial charge in [-0.3, -0.25) is 0 Å². The number of aromatic hydroxyl groups is 1. The van der Waals surface area contributed by atoms with E-state index < -0.39 is 0 Å². The molecule has 0 aromatic heterocycles. The van der Waals surface area contributed by atoms with Gasteiger partial charge in [-0.05, 0) is 72.0 Å². The van der Waals surface area contributed by atoms with Crippen LogP contribution in [-0.2, 0) is 6.42 Å². The molecule has 0 spiro atoms. The van der Waals surface area contributed by atoms with E-state index in [1.54, 1.807) is 12.1 Å². The third-order valence-corrected chi connectivity index (χ3v) is 5.61. The Morgan fingerprint density at radius 2 is 1.50 bits per heavy atom. The lowest BCUT2D eigenvalue weighted by Crippen LogP contribution is -2.17. The summed E-state index contributed by atoms with van der Waals surface area (Å²) in [5, 5.41) is 9.89. The van der Waals surface area contributed by atoms with Crippen molar-refractivity contribution in [2.75, 3.05) is 6.54 Å². The molecular weight excluding hydrogens is 366 g/mol. The molecule has 2 heteroatoms. The van der Waals surface area contributed by atoms with E-state index in [4.69, 9.17) is 5.73 Å². The molecule has 0 fully saturated rings. The van der Waals surface area contributed by atoms with E-state index in [0.29, 0.717) is 11.7 Å². The first-order valence-corrected chi connectivity index (χ1v) is 11.1. The van der Waals surface area contributed by atoms with E-state index in [0.717, 1.165) is 32.2 Å². The summed E-state index contributed by atoms with van der Waals surface area (Å²) in [6, 6.07) is 27.3. The Morgan fingerprint density at radius 1 is 0.833 bits per heavy atom. The van der Waals surface area contributed by atoms with Crippen LogP contribution in [0.4, 0.5) is 0 Å². The van der Waals surface area contributed by atoms with E-state index in [1.165, 1.54) is 28.2 Å². The lowest BCUT2D eigenvalue weighted by Gasteiger charge is -2.30. The van der Waals surface area contributed by atoms with Gasteiger partial charge in [-0.25, -0.2) is 0 Å². The second-order valence-corrected chi connectivity index (χ2v) is 8.46. The summed E-state index contributed by atoms with van der Waals surface area (Å²) in [7, 11) is 0. The van der Waals surface area contributed by atoms with Gasteiger partial charge in [0.05, 0.1) is 0 Å². The highest BCUT2D eigenvalue weighted by molar-refractivity contribution is 5.55. The lowest BCUT2D eigenvalue weighted by atomic mass is 9.73. The van der Waals surface area contributed by atoms with Crippen LogP contribution < -0.4 is 5.73 Å². The van der Waals surface area contributed by atoms with Crippen molar-refractivity contribution in [2.45, 2.75) is 45.4 Å². The average molecular weight is 401 g/mol. The van der Waals surface area contributed by atoms with Crippen LogP contribution in [0.3, 0.4) is 0 Å². The van der Waals surface area contributed by atoms with Crippen molar-refractivity contribution in [2.24, 2.45) is 11.7 Å². The van der Waals surface area contributed by atoms with Gasteiger partial charge in [-0.1, -0.05) is 87.0 Å². The third kappa shape index (κ3) is 5.73. The summed E-state index contributed by atoms with van der Waals surface area (Å²) in [6.45, 7) is 5.26. The Balaban J connectivity index is 2.13. The minimum atomic E-state index is 0.274. The molecule has 0 aliphatic carbocycles. The Labute approximate surface area is 181 Å². The standard InChI is InChI=1S/C28H34NO/c1-21(2)20-24-12-6-7-13-27(24)28(23-15-17-25(30)18-16-23)26(14-8-9-19-29)22-10-4-3-5-11-22/h3-7,10-13,15-18,21,26,30H,8-9,14,19-20,29H2,1-2H3. The van der Waals surface area contributed by atoms with Gasteiger partial charge in [-0.2, -0.15) is 0 Å². The minimum Gasteiger partial charge on any atom is -0.508 e. The van der Waals surface area contributed by atoms with Gasteiger partial charge in [0.25, 0.3) is 0 Å². The molecular formula is C28H34NO. The molecule has 3 N–H and O–H groups in total. The molecule has 0 aliphatic heterocycles. The SMILES string of the molecule is CC(C)Cc1ccccc1[C](c1ccc(O)cc1)C(CCCCN)c1ccccc1. The largest absolute Gasteiger partial charge is 0.508 e. The number of unbranched alkanes of at least 4 members (excludes halogenated alkanes) is 1. The summed E-state index contributed by atoms with van der Waals surface area (Å²) in [5.74, 6) is 2.50. The van der Waals surface area contributed by atoms with E-state index in [9.17, 15) is 5.11 Å². The van der Waals surface area contributed by atoms with Crippen LogP contribution in [0.2, 0.25) is 0 Å². The van der Waals surface area contributed by atoms with Crippen molar-refractivity contribution in [1.29, 1.82) is 0 Å². The maximum atomic E-state index is 9.89. The highest BCUT2D eigenvalue weighted by Gasteiger charge is 2.28. The summed E-state index contributed by atoms with van der Waals surface area (Å²) in [5.41, 5.74) is 11.0. The number of hydrogen-bond acceptors (Lipinski definition) is 2. The molecule has 0 aliphatic rings. The van der Waals surface area contributed by atoms with Crippen molar-refractivity contribution in [3.63, 3.8) is 0 Å². The van der Waals surface area contributed by atoms with Crippen LogP contribution in [0.15, 0.2) is 78.9 Å². The fourth-order valence-corrected chi connectivity index (χ4v) is 4.24. The van der Waals surface area contributed by atoms with E-state index in [2.05, 4.69) is 80.6 Å². The summed E-state index contributed by atoms with van der Waals surface area (Å²) >= 11 is 0. The van der Waals surface area contributed by atoms with E-state index >= 15 is 0 Å². The highest BCUT2D eigenvalue weighted by atomic mass is 16.3. The molecule has 3 rings (SSSR count). The van der Waals surface area contributed by atoms with Gasteiger partial charge in [0.2, 0.25) is 0 Å². The molecule has 3 aromatic carbocycles. The fourth-order valence-electron chi connectivity index (χ4n) is 4.24. The number of phenolic OH excluding ortho intramolecular Hbond substituents is 1. The van der Waals surface area contributed by atoms with Crippen LogP contribution in [0.5, 0.6) is 5.75 Å². The van der Waals surface area contributed by atoms with Crippen LogP contribution in [0.1, 0.15) is 61.3 Å². The van der Waals surface area contributed by atoms with Crippen molar-refractivity contribution in [1.82, 2.24) is 0 Å². The van der Waals surface area contributed by atoms with Gasteiger partial charge < -0.3 is 10.8 Å². The first-order valence-electron chi connectivity index (χ1n) is 11.1. The highest BCUT2D eigenvalue weighted by Crippen LogP contribution is 2.42.